The number of para-hydroxylation sites is 1. The van der Waals surface area contributed by atoms with Crippen molar-refractivity contribution in [3.8, 4) is 17.1 Å². The van der Waals surface area contributed by atoms with Crippen LogP contribution in [0.1, 0.15) is 38.1 Å². The maximum absolute atomic E-state index is 14.0. The molecule has 0 N–H and O–H groups in total. The van der Waals surface area contributed by atoms with Crippen molar-refractivity contribution in [2.45, 2.75) is 26.8 Å². The van der Waals surface area contributed by atoms with Crippen molar-refractivity contribution in [2.24, 2.45) is 4.99 Å². The highest BCUT2D eigenvalue weighted by Gasteiger charge is 2.35. The molecule has 2 aromatic carbocycles. The molecule has 42 heavy (non-hydrogen) atoms. The fraction of sp³-hybridized carbons (Fsp3) is 0.233. The first-order valence-electron chi connectivity index (χ1n) is 13.2. The zero-order valence-electron chi connectivity index (χ0n) is 23.3. The molecule has 1 atom stereocenters. The van der Waals surface area contributed by atoms with Crippen LogP contribution in [0.2, 0.25) is 5.02 Å². The number of halogens is 1. The van der Waals surface area contributed by atoms with Gasteiger partial charge in [0.1, 0.15) is 23.3 Å². The van der Waals surface area contributed by atoms with Gasteiger partial charge in [0, 0.05) is 42.4 Å². The van der Waals surface area contributed by atoms with Gasteiger partial charge < -0.3 is 14.1 Å². The number of nitrogens with zero attached hydrogens (tertiary/aromatic N) is 4. The molecule has 0 unspecified atom stereocenters. The summed E-state index contributed by atoms with van der Waals surface area (Å²) in [5, 5.41) is 11.5. The van der Waals surface area contributed by atoms with Crippen molar-refractivity contribution < 1.29 is 18.9 Å². The van der Waals surface area contributed by atoms with Gasteiger partial charge in [0.05, 0.1) is 32.9 Å². The van der Waals surface area contributed by atoms with Crippen molar-refractivity contribution in [1.29, 1.82) is 0 Å². The molecular formula is C30H27ClN4O6S. The molecule has 0 saturated carbocycles. The number of methoxy groups -OCH3 is 1. The number of nitro groups is 1. The number of likely N-dealkylation sites (N-methyl/N-ethyl adjacent to an activating group) is 1. The van der Waals surface area contributed by atoms with E-state index >= 15 is 0 Å². The highest BCUT2D eigenvalue weighted by atomic mass is 35.5. The number of nitro benzene ring substituents is 1. The monoisotopic (exact) mass is 606 g/mol. The predicted molar refractivity (Wildman–Crippen MR) is 160 cm³/mol. The molecule has 12 heteroatoms. The number of rotatable bonds is 8. The summed E-state index contributed by atoms with van der Waals surface area (Å²) in [4.78, 5) is 45.3. The van der Waals surface area contributed by atoms with Crippen LogP contribution in [0.15, 0.2) is 80.1 Å². The number of hydrogen-bond acceptors (Lipinski definition) is 8. The number of furan rings is 1. The molecule has 3 heterocycles. The Bertz CT molecular complexity index is 1920. The predicted octanol–water partition coefficient (Wildman–Crippen LogP) is 4.93. The minimum atomic E-state index is -0.761. The normalized spacial score (nSPS) is 14.9. The van der Waals surface area contributed by atoms with Gasteiger partial charge in [-0.3, -0.25) is 24.3 Å². The summed E-state index contributed by atoms with van der Waals surface area (Å²) in [5.41, 5.74) is 1.48. The Morgan fingerprint density at radius 2 is 1.95 bits per heavy atom. The van der Waals surface area contributed by atoms with Crippen molar-refractivity contribution >= 4 is 40.6 Å². The molecule has 216 valence electrons. The second kappa shape index (κ2) is 11.8. The summed E-state index contributed by atoms with van der Waals surface area (Å²) in [6, 6.07) is 13.9. The number of aromatic nitrogens is 1. The lowest BCUT2D eigenvalue weighted by molar-refractivity contribution is -0.384. The number of amides is 1. The van der Waals surface area contributed by atoms with Crippen LogP contribution in [0.3, 0.4) is 0 Å². The number of ether oxygens (including phenoxy) is 1. The minimum Gasteiger partial charge on any atom is -0.496 e. The molecule has 1 amide bonds. The maximum Gasteiger partial charge on any atom is 0.271 e. The van der Waals surface area contributed by atoms with Crippen LogP contribution in [-0.2, 0) is 4.79 Å². The van der Waals surface area contributed by atoms with Crippen LogP contribution in [0.4, 0.5) is 5.69 Å². The molecule has 2 aromatic heterocycles. The summed E-state index contributed by atoms with van der Waals surface area (Å²) >= 11 is 7.47. The van der Waals surface area contributed by atoms with Gasteiger partial charge in [-0.25, -0.2) is 4.99 Å². The third-order valence-corrected chi connectivity index (χ3v) is 8.38. The lowest BCUT2D eigenvalue weighted by Gasteiger charge is -2.29. The number of carbonyl (C=O) groups is 1. The summed E-state index contributed by atoms with van der Waals surface area (Å²) in [7, 11) is 1.55. The molecule has 1 aliphatic rings. The Hall–Kier alpha value is -4.48. The van der Waals surface area contributed by atoms with E-state index in [1.54, 1.807) is 43.2 Å². The Morgan fingerprint density at radius 1 is 1.21 bits per heavy atom. The van der Waals surface area contributed by atoms with E-state index in [1.807, 2.05) is 32.0 Å². The zero-order chi connectivity index (χ0) is 30.1. The van der Waals surface area contributed by atoms with Crippen molar-refractivity contribution in [3.05, 3.63) is 112 Å². The van der Waals surface area contributed by atoms with Gasteiger partial charge in [-0.15, -0.1) is 0 Å². The van der Waals surface area contributed by atoms with E-state index in [1.165, 1.54) is 34.1 Å². The fourth-order valence-electron chi connectivity index (χ4n) is 4.98. The Labute approximate surface area is 249 Å². The number of hydrogen-bond donors (Lipinski definition) is 0. The van der Waals surface area contributed by atoms with Gasteiger partial charge in [-0.2, -0.15) is 0 Å². The lowest BCUT2D eigenvalue weighted by atomic mass is 9.94. The molecule has 10 nitrogen and oxygen atoms in total. The highest BCUT2D eigenvalue weighted by molar-refractivity contribution is 7.07. The summed E-state index contributed by atoms with van der Waals surface area (Å²) in [6.45, 7) is 6.60. The van der Waals surface area contributed by atoms with Crippen molar-refractivity contribution in [1.82, 2.24) is 9.47 Å². The van der Waals surface area contributed by atoms with Crippen molar-refractivity contribution in [2.75, 3.05) is 20.2 Å². The molecule has 0 spiro atoms. The van der Waals surface area contributed by atoms with Gasteiger partial charge in [0.25, 0.3) is 17.2 Å². The molecule has 4 aromatic rings. The number of thiazole rings is 1. The highest BCUT2D eigenvalue weighted by Crippen LogP contribution is 2.36. The summed E-state index contributed by atoms with van der Waals surface area (Å²) in [6.07, 6.45) is 1.59. The van der Waals surface area contributed by atoms with Gasteiger partial charge in [-0.05, 0) is 45.0 Å². The summed E-state index contributed by atoms with van der Waals surface area (Å²) < 4.78 is 13.4. The van der Waals surface area contributed by atoms with E-state index in [4.69, 9.17) is 20.8 Å². The molecule has 5 rings (SSSR count). The second-order valence-corrected chi connectivity index (χ2v) is 10.8. The number of fused-ring (bicyclic) bond motifs is 1. The average molecular weight is 607 g/mol. The molecule has 1 aliphatic heterocycles. The first-order chi connectivity index (χ1) is 20.2. The van der Waals surface area contributed by atoms with Crippen LogP contribution >= 0.6 is 22.9 Å². The zero-order valence-corrected chi connectivity index (χ0v) is 24.9. The van der Waals surface area contributed by atoms with E-state index in [-0.39, 0.29) is 17.2 Å². The van der Waals surface area contributed by atoms with Crippen molar-refractivity contribution in [3.63, 3.8) is 0 Å². The lowest BCUT2D eigenvalue weighted by Crippen LogP contribution is -2.43. The van der Waals surface area contributed by atoms with E-state index in [0.717, 1.165) is 0 Å². The average Bonchev–Trinajstić information content (AvgIpc) is 3.56. The van der Waals surface area contributed by atoms with Crippen LogP contribution < -0.4 is 19.6 Å². The Balaban J connectivity index is 1.66. The van der Waals surface area contributed by atoms with E-state index < -0.39 is 11.0 Å². The first-order valence-corrected chi connectivity index (χ1v) is 14.4. The van der Waals surface area contributed by atoms with Gasteiger partial charge in [0.15, 0.2) is 4.80 Å². The third-order valence-electron chi connectivity index (χ3n) is 7.06. The SMILES string of the molecule is CCN(CC)C(=O)C1=C(C)N=c2s/c(=C/c3ccc(-c4cc([N+](=O)[O-])ccc4Cl)o3)c(=O)n2[C@@H]1c1ccccc1OC. The molecule has 0 bridgehead atoms. The van der Waals surface area contributed by atoms with Gasteiger partial charge >= 0.3 is 0 Å². The van der Waals surface area contributed by atoms with Gasteiger partial charge in [0.2, 0.25) is 0 Å². The quantitative estimate of drug-likeness (QED) is 0.207. The van der Waals surface area contributed by atoms with E-state index in [0.29, 0.717) is 67.1 Å². The first kappa shape index (κ1) is 29.0. The third kappa shape index (κ3) is 5.17. The van der Waals surface area contributed by atoms with E-state index in [9.17, 15) is 19.7 Å². The van der Waals surface area contributed by atoms with Crippen LogP contribution in [0.25, 0.3) is 17.4 Å². The number of allylic oxidation sites excluding steroid dienone is 1. The second-order valence-electron chi connectivity index (χ2n) is 9.42. The largest absolute Gasteiger partial charge is 0.496 e. The van der Waals surface area contributed by atoms with E-state index in [2.05, 4.69) is 4.99 Å². The standard InChI is InChI=1S/C30H27ClN4O6S/c1-5-33(6-2)29(37)26-17(3)32-30-34(27(26)20-9-7-8-10-23(20)40-4)28(36)25(42-30)16-19-12-14-24(41-19)21-15-18(35(38)39)11-13-22(21)31/h7-16,27H,5-6H2,1-4H3/b25-16+/t27-/m1/s1. The summed E-state index contributed by atoms with van der Waals surface area (Å²) in [5.74, 6) is 1.01. The molecule has 0 radical (unpaired) electrons. The number of non-ortho nitro benzene ring substituents is 1. The Kier molecular flexibility index (Phi) is 8.15. The molecular weight excluding hydrogens is 580 g/mol. The van der Waals surface area contributed by atoms with Crippen LogP contribution in [0, 0.1) is 10.1 Å². The maximum atomic E-state index is 14.0. The molecule has 0 saturated heterocycles. The van der Waals surface area contributed by atoms with Crippen LogP contribution in [-0.4, -0.2) is 40.5 Å². The topological polar surface area (TPSA) is 120 Å². The molecule has 0 fully saturated rings. The fourth-order valence-corrected chi connectivity index (χ4v) is 6.22. The van der Waals surface area contributed by atoms with Crippen LogP contribution in [0.5, 0.6) is 5.75 Å². The molecule has 0 aliphatic carbocycles. The smallest absolute Gasteiger partial charge is 0.271 e. The minimum absolute atomic E-state index is 0.123. The Morgan fingerprint density at radius 3 is 2.64 bits per heavy atom. The van der Waals surface area contributed by atoms with Gasteiger partial charge in [-0.1, -0.05) is 41.1 Å². The number of benzene rings is 2. The number of carbonyl (C=O) groups excluding carboxylic acids is 1.